The lowest BCUT2D eigenvalue weighted by atomic mass is 10.1. The van der Waals surface area contributed by atoms with Gasteiger partial charge < -0.3 is 10.1 Å². The number of anilines is 1. The molecule has 1 heterocycles. The van der Waals surface area contributed by atoms with Crippen LogP contribution < -0.4 is 10.1 Å². The number of amides is 1. The van der Waals surface area contributed by atoms with Crippen molar-refractivity contribution in [3.05, 3.63) is 66.0 Å². The molecule has 1 amide bonds. The molecule has 2 aromatic carbocycles. The molecule has 7 heteroatoms. The highest BCUT2D eigenvalue weighted by atomic mass is 32.2. The number of benzene rings is 2. The van der Waals surface area contributed by atoms with Crippen molar-refractivity contribution in [2.75, 3.05) is 17.7 Å². The van der Waals surface area contributed by atoms with E-state index in [0.29, 0.717) is 30.9 Å². The van der Waals surface area contributed by atoms with Crippen LogP contribution in [0.25, 0.3) is 5.69 Å². The van der Waals surface area contributed by atoms with E-state index in [2.05, 4.69) is 48.4 Å². The Balaban J connectivity index is 1.57. The summed E-state index contributed by atoms with van der Waals surface area (Å²) in [6, 6.07) is 15.7. The summed E-state index contributed by atoms with van der Waals surface area (Å²) in [5.74, 6) is 0.801. The first-order chi connectivity index (χ1) is 14.5. The van der Waals surface area contributed by atoms with Gasteiger partial charge in [-0.05, 0) is 55.7 Å². The van der Waals surface area contributed by atoms with Gasteiger partial charge in [0.1, 0.15) is 5.75 Å². The van der Waals surface area contributed by atoms with E-state index in [4.69, 9.17) is 10.00 Å². The van der Waals surface area contributed by atoms with E-state index in [1.807, 2.05) is 29.0 Å². The Labute approximate surface area is 180 Å². The van der Waals surface area contributed by atoms with E-state index in [-0.39, 0.29) is 11.7 Å². The number of ether oxygens (including phenoxy) is 1. The van der Waals surface area contributed by atoms with Gasteiger partial charge in [-0.15, -0.1) is 0 Å². The molecule has 0 radical (unpaired) electrons. The standard InChI is InChI=1S/C23H24N4O2S/c1-17-12-18(2)14-20(13-17)27-10-9-25-23(27)30-16-22(28)26-19-6-5-7-21(15-19)29-11-4-3-8-24/h5-7,9-10,12-15H,3-4,11,16H2,1-2H3,(H,26,28). The maximum atomic E-state index is 12.4. The van der Waals surface area contributed by atoms with Crippen LogP contribution in [0.4, 0.5) is 5.69 Å². The number of carbonyl (C=O) groups excluding carboxylic acids is 1. The number of nitrogens with one attached hydrogen (secondary N) is 1. The maximum Gasteiger partial charge on any atom is 0.234 e. The van der Waals surface area contributed by atoms with Gasteiger partial charge in [0.25, 0.3) is 0 Å². The minimum atomic E-state index is -0.114. The van der Waals surface area contributed by atoms with Gasteiger partial charge in [-0.1, -0.05) is 23.9 Å². The second-order valence-corrected chi connectivity index (χ2v) is 7.84. The van der Waals surface area contributed by atoms with E-state index in [0.717, 1.165) is 10.8 Å². The van der Waals surface area contributed by atoms with Crippen molar-refractivity contribution in [3.63, 3.8) is 0 Å². The van der Waals surface area contributed by atoms with Crippen LogP contribution in [-0.2, 0) is 4.79 Å². The Bertz CT molecular complexity index is 1040. The van der Waals surface area contributed by atoms with Crippen LogP contribution in [0, 0.1) is 25.2 Å². The number of nitriles is 1. The predicted octanol–water partition coefficient (Wildman–Crippen LogP) is 4.90. The largest absolute Gasteiger partial charge is 0.493 e. The summed E-state index contributed by atoms with van der Waals surface area (Å²) >= 11 is 1.39. The molecule has 0 fully saturated rings. The topological polar surface area (TPSA) is 79.9 Å². The number of unbranched alkanes of at least 4 members (excludes halogenated alkanes) is 1. The summed E-state index contributed by atoms with van der Waals surface area (Å²) in [5, 5.41) is 12.2. The molecule has 0 spiro atoms. The first-order valence-corrected chi connectivity index (χ1v) is 10.7. The quantitative estimate of drug-likeness (QED) is 0.393. The normalized spacial score (nSPS) is 10.4. The van der Waals surface area contributed by atoms with Crippen molar-refractivity contribution in [2.45, 2.75) is 31.8 Å². The number of rotatable bonds is 9. The van der Waals surface area contributed by atoms with Crippen molar-refractivity contribution >= 4 is 23.4 Å². The zero-order valence-electron chi connectivity index (χ0n) is 17.1. The van der Waals surface area contributed by atoms with Crippen LogP contribution >= 0.6 is 11.8 Å². The van der Waals surface area contributed by atoms with Gasteiger partial charge in [-0.2, -0.15) is 5.26 Å². The first-order valence-electron chi connectivity index (χ1n) is 9.69. The molecular weight excluding hydrogens is 396 g/mol. The molecule has 3 rings (SSSR count). The first kappa shape index (κ1) is 21.5. The fourth-order valence-corrected chi connectivity index (χ4v) is 3.79. The molecule has 1 aromatic heterocycles. The lowest BCUT2D eigenvalue weighted by Gasteiger charge is -2.10. The molecule has 0 aliphatic carbocycles. The molecule has 0 atom stereocenters. The second kappa shape index (κ2) is 10.5. The van der Waals surface area contributed by atoms with Gasteiger partial charge in [-0.25, -0.2) is 4.98 Å². The van der Waals surface area contributed by atoms with Crippen molar-refractivity contribution in [3.8, 4) is 17.5 Å². The predicted molar refractivity (Wildman–Crippen MR) is 119 cm³/mol. The summed E-state index contributed by atoms with van der Waals surface area (Å²) in [6.07, 6.45) is 4.79. The van der Waals surface area contributed by atoms with Crippen LogP contribution in [0.5, 0.6) is 5.75 Å². The monoisotopic (exact) mass is 420 g/mol. The summed E-state index contributed by atoms with van der Waals surface area (Å²) < 4.78 is 7.61. The Kier molecular flexibility index (Phi) is 7.52. The van der Waals surface area contributed by atoms with Gasteiger partial charge in [0.2, 0.25) is 5.91 Å². The third kappa shape index (κ3) is 6.13. The van der Waals surface area contributed by atoms with Crippen LogP contribution in [0.15, 0.2) is 60.0 Å². The zero-order valence-corrected chi connectivity index (χ0v) is 17.9. The van der Waals surface area contributed by atoms with Crippen molar-refractivity contribution in [1.29, 1.82) is 5.26 Å². The van der Waals surface area contributed by atoms with Gasteiger partial charge in [-0.3, -0.25) is 9.36 Å². The molecule has 0 aliphatic heterocycles. The molecule has 30 heavy (non-hydrogen) atoms. The Hall–Kier alpha value is -3.24. The van der Waals surface area contributed by atoms with Gasteiger partial charge >= 0.3 is 0 Å². The fraction of sp³-hybridized carbons (Fsp3) is 0.261. The fourth-order valence-electron chi connectivity index (χ4n) is 3.01. The molecule has 154 valence electrons. The number of nitrogens with zero attached hydrogens (tertiary/aromatic N) is 3. The van der Waals surface area contributed by atoms with Crippen LogP contribution in [-0.4, -0.2) is 27.8 Å². The highest BCUT2D eigenvalue weighted by Gasteiger charge is 2.10. The smallest absolute Gasteiger partial charge is 0.234 e. The number of imidazole rings is 1. The van der Waals surface area contributed by atoms with Crippen LogP contribution in [0.1, 0.15) is 24.0 Å². The van der Waals surface area contributed by atoms with Crippen molar-refractivity contribution in [1.82, 2.24) is 9.55 Å². The maximum absolute atomic E-state index is 12.4. The molecule has 1 N–H and O–H groups in total. The average Bonchev–Trinajstić information content (AvgIpc) is 3.18. The number of thioether (sulfide) groups is 1. The molecular formula is C23H24N4O2S. The summed E-state index contributed by atoms with van der Waals surface area (Å²) in [4.78, 5) is 16.8. The lowest BCUT2D eigenvalue weighted by molar-refractivity contribution is -0.113. The number of hydrogen-bond donors (Lipinski definition) is 1. The third-order valence-corrected chi connectivity index (χ3v) is 5.21. The average molecular weight is 421 g/mol. The van der Waals surface area contributed by atoms with Gasteiger partial charge in [0.15, 0.2) is 5.16 Å². The number of aromatic nitrogens is 2. The summed E-state index contributed by atoms with van der Waals surface area (Å²) in [5.41, 5.74) is 4.08. The lowest BCUT2D eigenvalue weighted by Crippen LogP contribution is -2.14. The molecule has 0 saturated carbocycles. The Morgan fingerprint density at radius 1 is 1.23 bits per heavy atom. The molecule has 0 aliphatic rings. The number of carbonyl (C=O) groups is 1. The SMILES string of the molecule is Cc1cc(C)cc(-n2ccnc2SCC(=O)Nc2cccc(OCCCC#N)c2)c1. The summed E-state index contributed by atoms with van der Waals surface area (Å²) in [6.45, 7) is 4.60. The molecule has 0 unspecified atom stereocenters. The van der Waals surface area contributed by atoms with Crippen LogP contribution in [0.3, 0.4) is 0 Å². The van der Waals surface area contributed by atoms with E-state index < -0.39 is 0 Å². The third-order valence-electron chi connectivity index (χ3n) is 4.24. The zero-order chi connectivity index (χ0) is 21.3. The minimum absolute atomic E-state index is 0.114. The van der Waals surface area contributed by atoms with E-state index in [9.17, 15) is 4.79 Å². The Morgan fingerprint density at radius 3 is 2.80 bits per heavy atom. The second-order valence-electron chi connectivity index (χ2n) is 6.90. The van der Waals surface area contributed by atoms with Gasteiger partial charge in [0, 0.05) is 36.3 Å². The molecule has 6 nitrogen and oxygen atoms in total. The molecule has 0 saturated heterocycles. The van der Waals surface area contributed by atoms with E-state index in [1.54, 1.807) is 12.3 Å². The van der Waals surface area contributed by atoms with Crippen LogP contribution in [0.2, 0.25) is 0 Å². The Morgan fingerprint density at radius 2 is 2.03 bits per heavy atom. The minimum Gasteiger partial charge on any atom is -0.493 e. The molecule has 0 bridgehead atoms. The van der Waals surface area contributed by atoms with Gasteiger partial charge in [0.05, 0.1) is 18.4 Å². The number of aryl methyl sites for hydroxylation is 2. The highest BCUT2D eigenvalue weighted by Crippen LogP contribution is 2.23. The highest BCUT2D eigenvalue weighted by molar-refractivity contribution is 7.99. The van der Waals surface area contributed by atoms with E-state index >= 15 is 0 Å². The van der Waals surface area contributed by atoms with Crippen molar-refractivity contribution in [2.24, 2.45) is 0 Å². The summed E-state index contributed by atoms with van der Waals surface area (Å²) in [7, 11) is 0. The number of hydrogen-bond acceptors (Lipinski definition) is 5. The molecule has 3 aromatic rings. The van der Waals surface area contributed by atoms with E-state index in [1.165, 1.54) is 22.9 Å². The van der Waals surface area contributed by atoms with Crippen molar-refractivity contribution < 1.29 is 9.53 Å².